The molecule has 0 aliphatic rings. The second-order valence-electron chi connectivity index (χ2n) is 4.78. The third-order valence-corrected chi connectivity index (χ3v) is 3.40. The van der Waals surface area contributed by atoms with E-state index in [0.29, 0.717) is 0 Å². The van der Waals surface area contributed by atoms with Gasteiger partial charge in [0.2, 0.25) is 5.52 Å². The average Bonchev–Trinajstić information content (AvgIpc) is 2.49. The number of benzene rings is 2. The first-order chi connectivity index (χ1) is 9.74. The van der Waals surface area contributed by atoms with Gasteiger partial charge in [-0.2, -0.15) is 0 Å². The molecule has 0 saturated carbocycles. The number of nitrogens with zero attached hydrogens (tertiary/aromatic N) is 1. The van der Waals surface area contributed by atoms with E-state index in [1.54, 1.807) is 12.1 Å². The van der Waals surface area contributed by atoms with E-state index in [9.17, 15) is 4.39 Å². The first-order valence-electron chi connectivity index (χ1n) is 6.55. The van der Waals surface area contributed by atoms with E-state index in [4.69, 9.17) is 0 Å². The Hall–Kier alpha value is -2.48. The Morgan fingerprint density at radius 3 is 2.45 bits per heavy atom. The van der Waals surface area contributed by atoms with Crippen LogP contribution in [0.25, 0.3) is 23.1 Å². The number of halogens is 1. The summed E-state index contributed by atoms with van der Waals surface area (Å²) in [6.07, 6.45) is 6.11. The van der Waals surface area contributed by atoms with Gasteiger partial charge in [-0.15, -0.1) is 0 Å². The molecule has 2 aromatic carbocycles. The van der Waals surface area contributed by atoms with E-state index < -0.39 is 0 Å². The van der Waals surface area contributed by atoms with Crippen molar-refractivity contribution < 1.29 is 8.96 Å². The van der Waals surface area contributed by atoms with Gasteiger partial charge in [0, 0.05) is 12.1 Å². The molecule has 0 radical (unpaired) electrons. The van der Waals surface area contributed by atoms with Gasteiger partial charge < -0.3 is 0 Å². The number of hydrogen-bond acceptors (Lipinski definition) is 0. The van der Waals surface area contributed by atoms with Gasteiger partial charge in [-0.05, 0) is 29.3 Å². The lowest BCUT2D eigenvalue weighted by Gasteiger charge is -2.00. The highest BCUT2D eigenvalue weighted by Gasteiger charge is 2.06. The molecule has 1 heterocycles. The molecule has 0 unspecified atom stereocenters. The van der Waals surface area contributed by atoms with Gasteiger partial charge in [0.25, 0.3) is 0 Å². The fourth-order valence-corrected chi connectivity index (χ4v) is 2.29. The van der Waals surface area contributed by atoms with Crippen LogP contribution >= 0.6 is 0 Å². The number of para-hydroxylation sites is 1. The molecule has 1 nitrogen and oxygen atoms in total. The van der Waals surface area contributed by atoms with Gasteiger partial charge in [-0.1, -0.05) is 36.4 Å². The number of pyridine rings is 1. The summed E-state index contributed by atoms with van der Waals surface area (Å²) in [6, 6.07) is 16.9. The largest absolute Gasteiger partial charge is 0.212 e. The summed E-state index contributed by atoms with van der Waals surface area (Å²) in [5.74, 6) is -0.209. The molecule has 3 aromatic rings. The molecular weight excluding hydrogens is 249 g/mol. The van der Waals surface area contributed by atoms with Crippen molar-refractivity contribution in [3.63, 3.8) is 0 Å². The molecule has 3 rings (SSSR count). The van der Waals surface area contributed by atoms with Crippen LogP contribution in [0.2, 0.25) is 0 Å². The van der Waals surface area contributed by atoms with Crippen molar-refractivity contribution in [1.82, 2.24) is 0 Å². The summed E-state index contributed by atoms with van der Waals surface area (Å²) in [5.41, 5.74) is 3.33. The number of rotatable bonds is 2. The highest BCUT2D eigenvalue weighted by Crippen LogP contribution is 2.17. The molecule has 0 saturated heterocycles. The summed E-state index contributed by atoms with van der Waals surface area (Å²) in [5, 5.41) is 1.20. The Bertz CT molecular complexity index is 773. The van der Waals surface area contributed by atoms with Crippen LogP contribution in [0.3, 0.4) is 0 Å². The summed E-state index contributed by atoms with van der Waals surface area (Å²) in [7, 11) is 2.04. The Balaban J connectivity index is 2.03. The normalized spacial score (nSPS) is 11.3. The Morgan fingerprint density at radius 2 is 1.65 bits per heavy atom. The van der Waals surface area contributed by atoms with Crippen LogP contribution in [0.1, 0.15) is 11.1 Å². The van der Waals surface area contributed by atoms with Gasteiger partial charge in [0.05, 0.1) is 5.39 Å². The lowest BCUT2D eigenvalue weighted by Crippen LogP contribution is -2.28. The zero-order valence-electron chi connectivity index (χ0n) is 11.3. The molecule has 0 spiro atoms. The molecule has 0 bridgehead atoms. The van der Waals surface area contributed by atoms with E-state index >= 15 is 0 Å². The smallest absolute Gasteiger partial charge is 0.207 e. The Kier molecular flexibility index (Phi) is 3.30. The standard InChI is InChI=1S/C18H15FN/c1-20-13-12-15(17-4-2-3-5-18(17)20)9-6-14-7-10-16(19)11-8-14/h2-13H,1H3/q+1/b9-6+. The fourth-order valence-electron chi connectivity index (χ4n) is 2.29. The quantitative estimate of drug-likeness (QED) is 0.616. The van der Waals surface area contributed by atoms with Gasteiger partial charge in [-0.3, -0.25) is 0 Å². The van der Waals surface area contributed by atoms with Crippen LogP contribution in [0.15, 0.2) is 60.8 Å². The topological polar surface area (TPSA) is 3.88 Å². The summed E-state index contributed by atoms with van der Waals surface area (Å²) in [4.78, 5) is 0. The van der Waals surface area contributed by atoms with Crippen molar-refractivity contribution in [2.75, 3.05) is 0 Å². The molecule has 2 heteroatoms. The minimum absolute atomic E-state index is 0.209. The molecule has 0 N–H and O–H groups in total. The van der Waals surface area contributed by atoms with E-state index in [1.807, 2.05) is 31.5 Å². The number of aryl methyl sites for hydroxylation is 1. The molecule has 0 aliphatic carbocycles. The van der Waals surface area contributed by atoms with Crippen molar-refractivity contribution in [3.05, 3.63) is 77.7 Å². The third-order valence-electron chi connectivity index (χ3n) is 3.40. The molecule has 0 atom stereocenters. The minimum atomic E-state index is -0.209. The average molecular weight is 264 g/mol. The first kappa shape index (κ1) is 12.5. The first-order valence-corrected chi connectivity index (χ1v) is 6.55. The summed E-state index contributed by atoms with van der Waals surface area (Å²) < 4.78 is 15.0. The van der Waals surface area contributed by atoms with Crippen molar-refractivity contribution in [1.29, 1.82) is 0 Å². The maximum Gasteiger partial charge on any atom is 0.212 e. The fraction of sp³-hybridized carbons (Fsp3) is 0.0556. The maximum absolute atomic E-state index is 12.9. The van der Waals surface area contributed by atoms with Gasteiger partial charge in [0.1, 0.15) is 12.9 Å². The van der Waals surface area contributed by atoms with Gasteiger partial charge in [0.15, 0.2) is 6.20 Å². The Labute approximate surface area is 117 Å². The number of aromatic nitrogens is 1. The third kappa shape index (κ3) is 2.45. The van der Waals surface area contributed by atoms with Crippen LogP contribution in [-0.2, 0) is 7.05 Å². The van der Waals surface area contributed by atoms with Gasteiger partial charge >= 0.3 is 0 Å². The highest BCUT2D eigenvalue weighted by atomic mass is 19.1. The van der Waals surface area contributed by atoms with Crippen LogP contribution < -0.4 is 4.57 Å². The zero-order valence-corrected chi connectivity index (χ0v) is 11.3. The van der Waals surface area contributed by atoms with E-state index in [2.05, 4.69) is 28.8 Å². The molecule has 0 fully saturated rings. The monoisotopic (exact) mass is 264 g/mol. The van der Waals surface area contributed by atoms with Crippen LogP contribution in [0.5, 0.6) is 0 Å². The highest BCUT2D eigenvalue weighted by molar-refractivity contribution is 5.88. The summed E-state index contributed by atoms with van der Waals surface area (Å²) in [6.45, 7) is 0. The summed E-state index contributed by atoms with van der Waals surface area (Å²) >= 11 is 0. The maximum atomic E-state index is 12.9. The van der Waals surface area contributed by atoms with Crippen LogP contribution in [0.4, 0.5) is 4.39 Å². The van der Waals surface area contributed by atoms with Crippen molar-refractivity contribution >= 4 is 23.1 Å². The van der Waals surface area contributed by atoms with E-state index in [-0.39, 0.29) is 5.82 Å². The molecule has 0 amide bonds. The lowest BCUT2D eigenvalue weighted by atomic mass is 10.1. The van der Waals surface area contributed by atoms with E-state index in [0.717, 1.165) is 11.1 Å². The van der Waals surface area contributed by atoms with Crippen LogP contribution in [-0.4, -0.2) is 0 Å². The molecule has 98 valence electrons. The Morgan fingerprint density at radius 1 is 0.900 bits per heavy atom. The molecular formula is C18H15FN+. The van der Waals surface area contributed by atoms with Crippen molar-refractivity contribution in [2.24, 2.45) is 7.05 Å². The van der Waals surface area contributed by atoms with Crippen molar-refractivity contribution in [2.45, 2.75) is 0 Å². The predicted octanol–water partition coefficient (Wildman–Crippen LogP) is 3.97. The number of hydrogen-bond donors (Lipinski definition) is 0. The minimum Gasteiger partial charge on any atom is -0.207 e. The molecule has 1 aromatic heterocycles. The molecule has 0 aliphatic heterocycles. The SMILES string of the molecule is C[n+]1ccc(/C=C/c2ccc(F)cc2)c2ccccc21. The predicted molar refractivity (Wildman–Crippen MR) is 80.5 cm³/mol. The zero-order chi connectivity index (χ0) is 13.9. The molecule has 20 heavy (non-hydrogen) atoms. The number of fused-ring (bicyclic) bond motifs is 1. The van der Waals surface area contributed by atoms with E-state index in [1.165, 1.54) is 23.0 Å². The van der Waals surface area contributed by atoms with Gasteiger partial charge in [-0.25, -0.2) is 8.96 Å². The second kappa shape index (κ2) is 5.25. The lowest BCUT2D eigenvalue weighted by molar-refractivity contribution is -0.644. The van der Waals surface area contributed by atoms with Crippen LogP contribution in [0, 0.1) is 5.82 Å². The van der Waals surface area contributed by atoms with Crippen molar-refractivity contribution in [3.8, 4) is 0 Å². The second-order valence-corrected chi connectivity index (χ2v) is 4.78.